The van der Waals surface area contributed by atoms with Gasteiger partial charge in [0.25, 0.3) is 5.91 Å². The molecule has 2 aromatic carbocycles. The van der Waals surface area contributed by atoms with E-state index in [1.807, 2.05) is 0 Å². The molecule has 0 bridgehead atoms. The van der Waals surface area contributed by atoms with Crippen LogP contribution in [0.1, 0.15) is 22.0 Å². The maximum atomic E-state index is 13.0. The van der Waals surface area contributed by atoms with Crippen molar-refractivity contribution in [2.24, 2.45) is 0 Å². The first-order valence-electron chi connectivity index (χ1n) is 7.86. The van der Waals surface area contributed by atoms with Gasteiger partial charge in [-0.05, 0) is 36.4 Å². The molecule has 3 rings (SSSR count). The lowest BCUT2D eigenvalue weighted by Crippen LogP contribution is -2.26. The Hall–Kier alpha value is -3.54. The summed E-state index contributed by atoms with van der Waals surface area (Å²) in [4.78, 5) is 28.9. The van der Waals surface area contributed by atoms with Gasteiger partial charge in [-0.2, -0.15) is 0 Å². The number of rotatable bonds is 5. The monoisotopic (exact) mass is 350 g/mol. The van der Waals surface area contributed by atoms with Crippen LogP contribution in [0.25, 0.3) is 0 Å². The van der Waals surface area contributed by atoms with Gasteiger partial charge in [-0.3, -0.25) is 9.78 Å². The molecule has 0 fully saturated rings. The highest BCUT2D eigenvalue weighted by molar-refractivity contribution is 5.98. The van der Waals surface area contributed by atoms with Crippen LogP contribution in [0, 0.1) is 5.82 Å². The SMILES string of the molecule is O=C(O[C@H](C(=O)Nc1ccc(F)cc1)c1ccccc1)c1ccncc1. The third-order valence-electron chi connectivity index (χ3n) is 3.59. The average Bonchev–Trinajstić information content (AvgIpc) is 2.69. The number of esters is 1. The smallest absolute Gasteiger partial charge is 0.339 e. The molecular weight excluding hydrogens is 335 g/mol. The van der Waals surface area contributed by atoms with Crippen LogP contribution in [0.15, 0.2) is 79.1 Å². The van der Waals surface area contributed by atoms with Crippen LogP contribution in [0.5, 0.6) is 0 Å². The maximum absolute atomic E-state index is 13.0. The van der Waals surface area contributed by atoms with Gasteiger partial charge in [0.2, 0.25) is 6.10 Å². The van der Waals surface area contributed by atoms with Crippen LogP contribution in [0.2, 0.25) is 0 Å². The fraction of sp³-hybridized carbons (Fsp3) is 0.0500. The van der Waals surface area contributed by atoms with Gasteiger partial charge < -0.3 is 10.1 Å². The zero-order chi connectivity index (χ0) is 18.4. The molecule has 0 spiro atoms. The molecule has 6 heteroatoms. The van der Waals surface area contributed by atoms with Crippen molar-refractivity contribution in [1.82, 2.24) is 4.98 Å². The number of ether oxygens (including phenoxy) is 1. The molecule has 0 radical (unpaired) electrons. The highest BCUT2D eigenvalue weighted by Crippen LogP contribution is 2.21. The fourth-order valence-corrected chi connectivity index (χ4v) is 2.30. The highest BCUT2D eigenvalue weighted by Gasteiger charge is 2.25. The van der Waals surface area contributed by atoms with Gasteiger partial charge in [-0.1, -0.05) is 30.3 Å². The van der Waals surface area contributed by atoms with Crippen molar-refractivity contribution in [2.45, 2.75) is 6.10 Å². The second-order valence-corrected chi connectivity index (χ2v) is 5.43. The number of hydrogen-bond acceptors (Lipinski definition) is 4. The molecule has 0 saturated carbocycles. The summed E-state index contributed by atoms with van der Waals surface area (Å²) in [5, 5.41) is 2.63. The molecule has 26 heavy (non-hydrogen) atoms. The Labute approximate surface area is 149 Å². The Balaban J connectivity index is 1.82. The van der Waals surface area contributed by atoms with E-state index in [9.17, 15) is 14.0 Å². The van der Waals surface area contributed by atoms with Crippen molar-refractivity contribution in [3.05, 3.63) is 96.1 Å². The molecule has 1 aromatic heterocycles. The number of hydrogen-bond donors (Lipinski definition) is 1. The number of halogens is 1. The van der Waals surface area contributed by atoms with E-state index in [4.69, 9.17) is 4.74 Å². The van der Waals surface area contributed by atoms with E-state index in [1.165, 1.54) is 48.8 Å². The van der Waals surface area contributed by atoms with E-state index in [0.717, 1.165) is 0 Å². The predicted molar refractivity (Wildman–Crippen MR) is 93.9 cm³/mol. The molecule has 130 valence electrons. The quantitative estimate of drug-likeness (QED) is 0.712. The number of anilines is 1. The van der Waals surface area contributed by atoms with Gasteiger partial charge in [-0.25, -0.2) is 9.18 Å². The number of nitrogens with zero attached hydrogens (tertiary/aromatic N) is 1. The van der Waals surface area contributed by atoms with E-state index >= 15 is 0 Å². The van der Waals surface area contributed by atoms with Crippen molar-refractivity contribution < 1.29 is 18.7 Å². The lowest BCUT2D eigenvalue weighted by Gasteiger charge is -2.18. The number of carbonyl (C=O) groups is 2. The van der Waals surface area contributed by atoms with Gasteiger partial charge >= 0.3 is 5.97 Å². The number of nitrogens with one attached hydrogen (secondary N) is 1. The molecule has 0 aliphatic heterocycles. The Morgan fingerprint density at radius 1 is 0.923 bits per heavy atom. The summed E-state index contributed by atoms with van der Waals surface area (Å²) in [6.07, 6.45) is 1.78. The third-order valence-corrected chi connectivity index (χ3v) is 3.59. The second kappa shape index (κ2) is 8.02. The zero-order valence-electron chi connectivity index (χ0n) is 13.6. The minimum Gasteiger partial charge on any atom is -0.444 e. The molecule has 1 heterocycles. The molecular formula is C20H15FN2O3. The maximum Gasteiger partial charge on any atom is 0.339 e. The summed E-state index contributed by atoms with van der Waals surface area (Å²) in [6, 6.07) is 17.0. The van der Waals surface area contributed by atoms with Crippen molar-refractivity contribution in [2.75, 3.05) is 5.32 Å². The summed E-state index contributed by atoms with van der Waals surface area (Å²) in [5.41, 5.74) is 1.21. The molecule has 1 atom stereocenters. The van der Waals surface area contributed by atoms with Crippen LogP contribution in [0.4, 0.5) is 10.1 Å². The number of carbonyl (C=O) groups excluding carboxylic acids is 2. The van der Waals surface area contributed by atoms with Gasteiger partial charge in [0.1, 0.15) is 5.82 Å². The lowest BCUT2D eigenvalue weighted by molar-refractivity contribution is -0.125. The number of aromatic nitrogens is 1. The van der Waals surface area contributed by atoms with E-state index in [-0.39, 0.29) is 5.56 Å². The van der Waals surface area contributed by atoms with Crippen LogP contribution in [0.3, 0.4) is 0 Å². The van der Waals surface area contributed by atoms with Gasteiger partial charge in [0.05, 0.1) is 5.56 Å². The number of benzene rings is 2. The molecule has 0 unspecified atom stereocenters. The van der Waals surface area contributed by atoms with Crippen LogP contribution in [-0.2, 0) is 9.53 Å². The first-order valence-corrected chi connectivity index (χ1v) is 7.86. The van der Waals surface area contributed by atoms with Gasteiger partial charge in [0.15, 0.2) is 0 Å². The Kier molecular flexibility index (Phi) is 5.34. The third kappa shape index (κ3) is 4.30. The summed E-state index contributed by atoms with van der Waals surface area (Å²) < 4.78 is 18.4. The Bertz CT molecular complexity index is 884. The van der Waals surface area contributed by atoms with E-state index in [2.05, 4.69) is 10.3 Å². The normalized spacial score (nSPS) is 11.4. The first-order chi connectivity index (χ1) is 12.6. The predicted octanol–water partition coefficient (Wildman–Crippen LogP) is 3.76. The molecule has 0 aliphatic carbocycles. The zero-order valence-corrected chi connectivity index (χ0v) is 13.6. The van der Waals surface area contributed by atoms with Crippen molar-refractivity contribution in [1.29, 1.82) is 0 Å². The largest absolute Gasteiger partial charge is 0.444 e. The molecule has 3 aromatic rings. The molecule has 0 aliphatic rings. The molecule has 1 N–H and O–H groups in total. The van der Waals surface area contributed by atoms with Crippen LogP contribution < -0.4 is 5.32 Å². The number of pyridine rings is 1. The van der Waals surface area contributed by atoms with E-state index in [0.29, 0.717) is 11.3 Å². The minimum atomic E-state index is -1.15. The topological polar surface area (TPSA) is 68.3 Å². The second-order valence-electron chi connectivity index (χ2n) is 5.43. The van der Waals surface area contributed by atoms with Crippen molar-refractivity contribution in [3.63, 3.8) is 0 Å². The Morgan fingerprint density at radius 2 is 1.58 bits per heavy atom. The van der Waals surface area contributed by atoms with Crippen LogP contribution >= 0.6 is 0 Å². The Morgan fingerprint density at radius 3 is 2.23 bits per heavy atom. The van der Waals surface area contributed by atoms with Crippen molar-refractivity contribution in [3.8, 4) is 0 Å². The summed E-state index contributed by atoms with van der Waals surface area (Å²) in [6.45, 7) is 0. The number of amides is 1. The average molecular weight is 350 g/mol. The molecule has 0 saturated heterocycles. The fourth-order valence-electron chi connectivity index (χ4n) is 2.30. The summed E-state index contributed by atoms with van der Waals surface area (Å²) in [7, 11) is 0. The highest BCUT2D eigenvalue weighted by atomic mass is 19.1. The van der Waals surface area contributed by atoms with Gasteiger partial charge in [0, 0.05) is 23.6 Å². The van der Waals surface area contributed by atoms with E-state index in [1.54, 1.807) is 30.3 Å². The first kappa shape index (κ1) is 17.3. The summed E-state index contributed by atoms with van der Waals surface area (Å²) in [5.74, 6) is -1.59. The molecule has 1 amide bonds. The van der Waals surface area contributed by atoms with Crippen molar-refractivity contribution >= 4 is 17.6 Å². The minimum absolute atomic E-state index is 0.288. The van der Waals surface area contributed by atoms with Crippen LogP contribution in [-0.4, -0.2) is 16.9 Å². The van der Waals surface area contributed by atoms with Gasteiger partial charge in [-0.15, -0.1) is 0 Å². The van der Waals surface area contributed by atoms with E-state index < -0.39 is 23.8 Å². The lowest BCUT2D eigenvalue weighted by atomic mass is 10.1. The standard InChI is InChI=1S/C20H15FN2O3/c21-16-6-8-17(9-7-16)23-19(24)18(14-4-2-1-3-5-14)26-20(25)15-10-12-22-13-11-15/h1-13,18H,(H,23,24)/t18-/m0/s1. The summed E-state index contributed by atoms with van der Waals surface area (Å²) >= 11 is 0. The molecule has 5 nitrogen and oxygen atoms in total.